The first-order chi connectivity index (χ1) is 9.20. The highest BCUT2D eigenvalue weighted by molar-refractivity contribution is 5.98. The van der Waals surface area contributed by atoms with E-state index in [0.29, 0.717) is 17.8 Å². The summed E-state index contributed by atoms with van der Waals surface area (Å²) in [6.07, 6.45) is 3.28. The Morgan fingerprint density at radius 3 is 2.89 bits per heavy atom. The van der Waals surface area contributed by atoms with Crippen LogP contribution in [0, 0.1) is 0 Å². The molecule has 2 aromatic rings. The number of carbonyl (C=O) groups excluding carboxylic acids is 1. The van der Waals surface area contributed by atoms with Crippen molar-refractivity contribution < 1.29 is 4.79 Å². The molecule has 0 saturated carbocycles. The number of likely N-dealkylation sites (tertiary alicyclic amines) is 1. The van der Waals surface area contributed by atoms with Crippen LogP contribution in [0.25, 0.3) is 10.9 Å². The summed E-state index contributed by atoms with van der Waals surface area (Å²) in [7, 11) is 0. The lowest BCUT2D eigenvalue weighted by atomic mass is 10.1. The van der Waals surface area contributed by atoms with Crippen molar-refractivity contribution in [1.29, 1.82) is 0 Å². The van der Waals surface area contributed by atoms with Crippen LogP contribution in [0.2, 0.25) is 0 Å². The molecule has 1 fully saturated rings. The standard InChI is InChI=1S/C16H20N2O/c1-3-13-9-8-11(2)18(13)16(19)15-10-12-6-4-5-7-14(12)17-15/h4-7,10-11,13,17H,3,8-9H2,1-2H3. The van der Waals surface area contributed by atoms with E-state index in [2.05, 4.69) is 23.7 Å². The third-order valence-corrected chi connectivity index (χ3v) is 4.25. The number of hydrogen-bond donors (Lipinski definition) is 1. The van der Waals surface area contributed by atoms with Gasteiger partial charge in [-0.05, 0) is 38.3 Å². The Morgan fingerprint density at radius 1 is 1.37 bits per heavy atom. The molecule has 19 heavy (non-hydrogen) atoms. The molecule has 2 atom stereocenters. The summed E-state index contributed by atoms with van der Waals surface area (Å²) in [5.74, 6) is 0.146. The van der Waals surface area contributed by atoms with E-state index in [1.54, 1.807) is 0 Å². The van der Waals surface area contributed by atoms with Gasteiger partial charge >= 0.3 is 0 Å². The molecule has 1 aliphatic heterocycles. The lowest BCUT2D eigenvalue weighted by Gasteiger charge is -2.27. The van der Waals surface area contributed by atoms with E-state index in [0.717, 1.165) is 30.2 Å². The summed E-state index contributed by atoms with van der Waals surface area (Å²) < 4.78 is 0. The molecule has 0 bridgehead atoms. The fraction of sp³-hybridized carbons (Fsp3) is 0.438. The van der Waals surface area contributed by atoms with Gasteiger partial charge in [0, 0.05) is 23.0 Å². The molecule has 1 aromatic carbocycles. The molecule has 1 saturated heterocycles. The monoisotopic (exact) mass is 256 g/mol. The molecule has 1 aromatic heterocycles. The third kappa shape index (κ3) is 2.03. The van der Waals surface area contributed by atoms with Crippen molar-refractivity contribution in [2.75, 3.05) is 0 Å². The van der Waals surface area contributed by atoms with Crippen molar-refractivity contribution in [3.63, 3.8) is 0 Å². The van der Waals surface area contributed by atoms with E-state index >= 15 is 0 Å². The van der Waals surface area contributed by atoms with E-state index in [1.807, 2.05) is 30.3 Å². The number of fused-ring (bicyclic) bond motifs is 1. The number of nitrogens with one attached hydrogen (secondary N) is 1. The van der Waals surface area contributed by atoms with Crippen LogP contribution in [-0.4, -0.2) is 27.9 Å². The average Bonchev–Trinajstić information content (AvgIpc) is 3.01. The largest absolute Gasteiger partial charge is 0.351 e. The predicted molar refractivity (Wildman–Crippen MR) is 77.2 cm³/mol. The van der Waals surface area contributed by atoms with Crippen LogP contribution in [-0.2, 0) is 0 Å². The molecule has 1 N–H and O–H groups in total. The molecule has 3 heteroatoms. The number of H-pyrrole nitrogens is 1. The number of aromatic amines is 1. The molecule has 0 aliphatic carbocycles. The first kappa shape index (κ1) is 12.3. The second-order valence-corrected chi connectivity index (χ2v) is 5.47. The quantitative estimate of drug-likeness (QED) is 0.876. The SMILES string of the molecule is CCC1CCC(C)N1C(=O)c1cc2ccccc2[nH]1. The van der Waals surface area contributed by atoms with Crippen LogP contribution in [0.5, 0.6) is 0 Å². The summed E-state index contributed by atoms with van der Waals surface area (Å²) in [5.41, 5.74) is 1.75. The van der Waals surface area contributed by atoms with Crippen molar-refractivity contribution in [3.05, 3.63) is 36.0 Å². The molecule has 2 heterocycles. The van der Waals surface area contributed by atoms with Gasteiger partial charge in [-0.3, -0.25) is 4.79 Å². The first-order valence-electron chi connectivity index (χ1n) is 7.11. The highest BCUT2D eigenvalue weighted by atomic mass is 16.2. The predicted octanol–water partition coefficient (Wildman–Crippen LogP) is 3.57. The van der Waals surface area contributed by atoms with Crippen molar-refractivity contribution in [2.24, 2.45) is 0 Å². The van der Waals surface area contributed by atoms with E-state index in [1.165, 1.54) is 0 Å². The maximum Gasteiger partial charge on any atom is 0.270 e. The Bertz CT molecular complexity index is 569. The number of nitrogens with zero attached hydrogens (tertiary/aromatic N) is 1. The van der Waals surface area contributed by atoms with Crippen molar-refractivity contribution in [2.45, 2.75) is 45.2 Å². The van der Waals surface area contributed by atoms with Crippen LogP contribution >= 0.6 is 0 Å². The maximum absolute atomic E-state index is 12.7. The van der Waals surface area contributed by atoms with Crippen LogP contribution in [0.1, 0.15) is 43.6 Å². The molecular weight excluding hydrogens is 236 g/mol. The minimum Gasteiger partial charge on any atom is -0.351 e. The van der Waals surface area contributed by atoms with E-state index < -0.39 is 0 Å². The number of aromatic nitrogens is 1. The number of carbonyl (C=O) groups is 1. The normalized spacial score (nSPS) is 23.2. The zero-order valence-electron chi connectivity index (χ0n) is 11.5. The number of rotatable bonds is 2. The van der Waals surface area contributed by atoms with Gasteiger partial charge < -0.3 is 9.88 Å². The summed E-state index contributed by atoms with van der Waals surface area (Å²) in [4.78, 5) is 18.0. The van der Waals surface area contributed by atoms with Crippen LogP contribution in [0.15, 0.2) is 30.3 Å². The Hall–Kier alpha value is -1.77. The first-order valence-corrected chi connectivity index (χ1v) is 7.11. The molecule has 1 amide bonds. The molecule has 0 radical (unpaired) electrons. The van der Waals surface area contributed by atoms with Gasteiger partial charge in [-0.25, -0.2) is 0 Å². The second-order valence-electron chi connectivity index (χ2n) is 5.47. The molecule has 3 rings (SSSR count). The third-order valence-electron chi connectivity index (χ3n) is 4.25. The smallest absolute Gasteiger partial charge is 0.270 e. The molecule has 1 aliphatic rings. The van der Waals surface area contributed by atoms with Crippen LogP contribution < -0.4 is 0 Å². The molecular formula is C16H20N2O. The van der Waals surface area contributed by atoms with Gasteiger partial charge in [-0.1, -0.05) is 25.1 Å². The van der Waals surface area contributed by atoms with Crippen molar-refractivity contribution in [1.82, 2.24) is 9.88 Å². The molecule has 100 valence electrons. The summed E-state index contributed by atoms with van der Waals surface area (Å²) >= 11 is 0. The Kier molecular flexibility index (Phi) is 3.05. The number of para-hydroxylation sites is 1. The van der Waals surface area contributed by atoms with Gasteiger partial charge in [0.25, 0.3) is 5.91 Å². The van der Waals surface area contributed by atoms with Crippen molar-refractivity contribution in [3.8, 4) is 0 Å². The van der Waals surface area contributed by atoms with Crippen molar-refractivity contribution >= 4 is 16.8 Å². The number of amides is 1. The minimum absolute atomic E-state index is 0.146. The molecule has 3 nitrogen and oxygen atoms in total. The van der Waals surface area contributed by atoms with E-state index in [-0.39, 0.29) is 5.91 Å². The summed E-state index contributed by atoms with van der Waals surface area (Å²) in [5, 5.41) is 1.10. The van der Waals surface area contributed by atoms with Gasteiger partial charge in [-0.2, -0.15) is 0 Å². The Morgan fingerprint density at radius 2 is 2.16 bits per heavy atom. The van der Waals surface area contributed by atoms with E-state index in [4.69, 9.17) is 0 Å². The lowest BCUT2D eigenvalue weighted by molar-refractivity contribution is 0.0671. The van der Waals surface area contributed by atoms with Gasteiger partial charge in [0.15, 0.2) is 0 Å². The van der Waals surface area contributed by atoms with Gasteiger partial charge in [0.2, 0.25) is 0 Å². The topological polar surface area (TPSA) is 36.1 Å². The maximum atomic E-state index is 12.7. The van der Waals surface area contributed by atoms with Crippen LogP contribution in [0.4, 0.5) is 0 Å². The molecule has 2 unspecified atom stereocenters. The Balaban J connectivity index is 1.94. The van der Waals surface area contributed by atoms with Gasteiger partial charge in [-0.15, -0.1) is 0 Å². The highest BCUT2D eigenvalue weighted by Crippen LogP contribution is 2.28. The number of benzene rings is 1. The fourth-order valence-electron chi connectivity index (χ4n) is 3.17. The van der Waals surface area contributed by atoms with Crippen LogP contribution in [0.3, 0.4) is 0 Å². The Labute approximate surface area is 113 Å². The van der Waals surface area contributed by atoms with E-state index in [9.17, 15) is 4.79 Å². The lowest BCUT2D eigenvalue weighted by Crippen LogP contribution is -2.39. The zero-order valence-corrected chi connectivity index (χ0v) is 11.5. The number of hydrogen-bond acceptors (Lipinski definition) is 1. The summed E-state index contributed by atoms with van der Waals surface area (Å²) in [6.45, 7) is 4.31. The fourth-order valence-corrected chi connectivity index (χ4v) is 3.17. The average molecular weight is 256 g/mol. The van der Waals surface area contributed by atoms with Gasteiger partial charge in [0.1, 0.15) is 5.69 Å². The summed E-state index contributed by atoms with van der Waals surface area (Å²) in [6, 6.07) is 10.7. The minimum atomic E-state index is 0.146. The second kappa shape index (κ2) is 4.72. The molecule has 0 spiro atoms. The highest BCUT2D eigenvalue weighted by Gasteiger charge is 2.34. The zero-order chi connectivity index (χ0) is 13.4. The van der Waals surface area contributed by atoms with Gasteiger partial charge in [0.05, 0.1) is 0 Å².